The fourth-order valence-electron chi connectivity index (χ4n) is 2.80. The molecule has 1 aromatic heterocycles. The van der Waals surface area contributed by atoms with Crippen molar-refractivity contribution in [3.8, 4) is 0 Å². The molecule has 0 radical (unpaired) electrons. The van der Waals surface area contributed by atoms with Gasteiger partial charge in [0.05, 0.1) is 24.2 Å². The van der Waals surface area contributed by atoms with Crippen molar-refractivity contribution in [3.63, 3.8) is 0 Å². The summed E-state index contributed by atoms with van der Waals surface area (Å²) in [6, 6.07) is 6.33. The van der Waals surface area contributed by atoms with Gasteiger partial charge in [0.15, 0.2) is 0 Å². The molecule has 1 N–H and O–H groups in total. The Morgan fingerprint density at radius 1 is 1.12 bits per heavy atom. The Hall–Kier alpha value is -2.64. The fourth-order valence-corrected chi connectivity index (χ4v) is 2.80. The van der Waals surface area contributed by atoms with Gasteiger partial charge in [0.1, 0.15) is 0 Å². The Labute approximate surface area is 149 Å². The molecule has 0 spiro atoms. The van der Waals surface area contributed by atoms with E-state index in [-0.39, 0.29) is 18.9 Å². The molecule has 0 aliphatic carbocycles. The molecule has 0 unspecified atom stereocenters. The number of benzene rings is 1. The third-order valence-electron chi connectivity index (χ3n) is 4.20. The summed E-state index contributed by atoms with van der Waals surface area (Å²) >= 11 is 0. The zero-order chi connectivity index (χ0) is 18.6. The lowest BCUT2D eigenvalue weighted by molar-refractivity contribution is -0.137. The Morgan fingerprint density at radius 2 is 1.81 bits per heavy atom. The van der Waals surface area contributed by atoms with Crippen LogP contribution in [0.1, 0.15) is 29.7 Å². The van der Waals surface area contributed by atoms with Gasteiger partial charge in [0.25, 0.3) is 0 Å². The smallest absolute Gasteiger partial charge is 0.350 e. The minimum absolute atomic E-state index is 0.0161. The lowest BCUT2D eigenvalue weighted by atomic mass is 10.1. The van der Waals surface area contributed by atoms with E-state index in [1.165, 1.54) is 12.1 Å². The van der Waals surface area contributed by atoms with Crippen molar-refractivity contribution in [2.24, 2.45) is 0 Å². The average Bonchev–Trinajstić information content (AvgIpc) is 3.15. The summed E-state index contributed by atoms with van der Waals surface area (Å²) in [4.78, 5) is 22.8. The monoisotopic (exact) mass is 364 g/mol. The van der Waals surface area contributed by atoms with Gasteiger partial charge in [-0.1, -0.05) is 12.1 Å². The first kappa shape index (κ1) is 18.2. The Balaban J connectivity index is 1.53. The second-order valence-corrected chi connectivity index (χ2v) is 6.19. The number of hydrogen-bond acceptors (Lipinski definition) is 4. The predicted octanol–water partition coefficient (Wildman–Crippen LogP) is 2.95. The van der Waals surface area contributed by atoms with Crippen LogP contribution in [0.25, 0.3) is 0 Å². The second kappa shape index (κ2) is 7.72. The van der Waals surface area contributed by atoms with Crippen molar-refractivity contribution < 1.29 is 18.0 Å². The molecule has 0 bridgehead atoms. The molecule has 8 heteroatoms. The highest BCUT2D eigenvalue weighted by molar-refractivity contribution is 5.78. The summed E-state index contributed by atoms with van der Waals surface area (Å²) < 4.78 is 37.6. The number of rotatable bonds is 5. The van der Waals surface area contributed by atoms with Crippen molar-refractivity contribution in [3.05, 3.63) is 53.3 Å². The summed E-state index contributed by atoms with van der Waals surface area (Å²) in [6.07, 6.45) is -0.448. The van der Waals surface area contributed by atoms with Gasteiger partial charge in [-0.2, -0.15) is 13.2 Å². The summed E-state index contributed by atoms with van der Waals surface area (Å²) in [5.41, 5.74) is 0.496. The maximum absolute atomic E-state index is 12.5. The molecular formula is C18H19F3N4O. The molecule has 2 heterocycles. The quantitative estimate of drug-likeness (QED) is 0.886. The second-order valence-electron chi connectivity index (χ2n) is 6.19. The number of alkyl halides is 3. The molecule has 0 saturated carbocycles. The number of hydrogen-bond donors (Lipinski definition) is 1. The first-order valence-corrected chi connectivity index (χ1v) is 8.41. The van der Waals surface area contributed by atoms with Crippen molar-refractivity contribution >= 4 is 11.9 Å². The number of carbonyl (C=O) groups is 1. The molecular weight excluding hydrogens is 345 g/mol. The van der Waals surface area contributed by atoms with Crippen molar-refractivity contribution in [1.82, 2.24) is 15.3 Å². The number of halogens is 3. The highest BCUT2D eigenvalue weighted by Crippen LogP contribution is 2.29. The van der Waals surface area contributed by atoms with Crippen molar-refractivity contribution in [1.29, 1.82) is 0 Å². The van der Waals surface area contributed by atoms with Gasteiger partial charge in [0, 0.05) is 19.3 Å². The van der Waals surface area contributed by atoms with Gasteiger partial charge in [-0.3, -0.25) is 4.79 Å². The van der Waals surface area contributed by atoms with Gasteiger partial charge in [-0.25, -0.2) is 9.97 Å². The highest BCUT2D eigenvalue weighted by Gasteiger charge is 2.29. The summed E-state index contributed by atoms with van der Waals surface area (Å²) in [6.45, 7) is 2.12. The molecule has 1 amide bonds. The lowest BCUT2D eigenvalue weighted by Gasteiger charge is -2.15. The van der Waals surface area contributed by atoms with Crippen LogP contribution in [0.3, 0.4) is 0 Å². The molecule has 1 aliphatic heterocycles. The van der Waals surface area contributed by atoms with Crippen LogP contribution < -0.4 is 10.2 Å². The normalized spacial score (nSPS) is 14.5. The fraction of sp³-hybridized carbons (Fsp3) is 0.389. The van der Waals surface area contributed by atoms with Crippen LogP contribution in [0.5, 0.6) is 0 Å². The summed E-state index contributed by atoms with van der Waals surface area (Å²) in [5.74, 6) is 0.392. The molecule has 1 aliphatic rings. The molecule has 26 heavy (non-hydrogen) atoms. The topological polar surface area (TPSA) is 58.1 Å². The van der Waals surface area contributed by atoms with Crippen LogP contribution in [-0.4, -0.2) is 29.0 Å². The van der Waals surface area contributed by atoms with E-state index in [0.717, 1.165) is 38.1 Å². The van der Waals surface area contributed by atoms with Crippen LogP contribution >= 0.6 is 0 Å². The number of carbonyl (C=O) groups excluding carboxylic acids is 1. The zero-order valence-electron chi connectivity index (χ0n) is 14.1. The Morgan fingerprint density at radius 3 is 2.46 bits per heavy atom. The van der Waals surface area contributed by atoms with E-state index in [2.05, 4.69) is 20.2 Å². The first-order chi connectivity index (χ1) is 12.4. The minimum atomic E-state index is -4.37. The highest BCUT2D eigenvalue weighted by atomic mass is 19.4. The van der Waals surface area contributed by atoms with Gasteiger partial charge >= 0.3 is 6.18 Å². The van der Waals surface area contributed by atoms with Crippen LogP contribution in [-0.2, 0) is 23.9 Å². The molecule has 138 valence electrons. The lowest BCUT2D eigenvalue weighted by Crippen LogP contribution is -2.26. The Bertz CT molecular complexity index is 756. The maximum Gasteiger partial charge on any atom is 0.416 e. The SMILES string of the molecule is O=C(Cc1ccc(C(F)(F)F)cc1)NCc1ccnc(N2CCCC2)n1. The predicted molar refractivity (Wildman–Crippen MR) is 90.5 cm³/mol. The largest absolute Gasteiger partial charge is 0.416 e. The van der Waals surface area contributed by atoms with Gasteiger partial charge < -0.3 is 10.2 Å². The maximum atomic E-state index is 12.5. The molecule has 2 aromatic rings. The van der Waals surface area contributed by atoms with E-state index < -0.39 is 11.7 Å². The van der Waals surface area contributed by atoms with E-state index in [9.17, 15) is 18.0 Å². The van der Waals surface area contributed by atoms with E-state index >= 15 is 0 Å². The van der Waals surface area contributed by atoms with E-state index in [1.807, 2.05) is 0 Å². The summed E-state index contributed by atoms with van der Waals surface area (Å²) in [7, 11) is 0. The third kappa shape index (κ3) is 4.71. The molecule has 0 atom stereocenters. The van der Waals surface area contributed by atoms with Crippen LogP contribution in [0.15, 0.2) is 36.5 Å². The van der Waals surface area contributed by atoms with Gasteiger partial charge in [-0.05, 0) is 36.6 Å². The van der Waals surface area contributed by atoms with Crippen LogP contribution in [0.4, 0.5) is 19.1 Å². The van der Waals surface area contributed by atoms with E-state index in [4.69, 9.17) is 0 Å². The molecule has 1 saturated heterocycles. The molecule has 3 rings (SSSR count). The molecule has 1 aromatic carbocycles. The van der Waals surface area contributed by atoms with Crippen LogP contribution in [0.2, 0.25) is 0 Å². The van der Waals surface area contributed by atoms with Gasteiger partial charge in [-0.15, -0.1) is 0 Å². The van der Waals surface area contributed by atoms with Crippen molar-refractivity contribution in [2.45, 2.75) is 32.0 Å². The standard InChI is InChI=1S/C18H19F3N4O/c19-18(20,21)14-5-3-13(4-6-14)11-16(26)23-12-15-7-8-22-17(24-15)25-9-1-2-10-25/h3-8H,1-2,9-12H2,(H,23,26). The Kier molecular flexibility index (Phi) is 5.39. The summed E-state index contributed by atoms with van der Waals surface area (Å²) in [5, 5.41) is 2.74. The number of aromatic nitrogens is 2. The average molecular weight is 364 g/mol. The number of nitrogens with zero attached hydrogens (tertiary/aromatic N) is 3. The third-order valence-corrected chi connectivity index (χ3v) is 4.20. The van der Waals surface area contributed by atoms with Crippen molar-refractivity contribution in [2.75, 3.05) is 18.0 Å². The van der Waals surface area contributed by atoms with E-state index in [1.54, 1.807) is 12.3 Å². The number of anilines is 1. The zero-order valence-corrected chi connectivity index (χ0v) is 14.1. The van der Waals surface area contributed by atoms with E-state index in [0.29, 0.717) is 17.2 Å². The van der Waals surface area contributed by atoms with Gasteiger partial charge in [0.2, 0.25) is 11.9 Å². The number of nitrogens with one attached hydrogen (secondary N) is 1. The molecule has 1 fully saturated rings. The first-order valence-electron chi connectivity index (χ1n) is 8.41. The minimum Gasteiger partial charge on any atom is -0.350 e. The molecule has 5 nitrogen and oxygen atoms in total. The number of amides is 1. The van der Waals surface area contributed by atoms with Crippen LogP contribution in [0, 0.1) is 0 Å².